The highest BCUT2D eigenvalue weighted by Gasteiger charge is 1.96. The molecule has 0 bridgehead atoms. The van der Waals surface area contributed by atoms with E-state index in [9.17, 15) is 4.39 Å². The van der Waals surface area contributed by atoms with Gasteiger partial charge in [-0.3, -0.25) is 4.99 Å². The molecule has 14 heavy (non-hydrogen) atoms. The SMILES string of the molecule is Fc1ccc(C=C2C=NC=CC2)cc1. The standard InChI is InChI=1S/C12H10FN/c13-12-5-3-10(4-6-12)8-11-2-1-7-14-9-11/h1,3-9H,2H2. The molecule has 1 aliphatic rings. The number of rotatable bonds is 1. The lowest BCUT2D eigenvalue weighted by Gasteiger charge is -2.01. The fraction of sp³-hybridized carbons (Fsp3) is 0.0833. The largest absolute Gasteiger partial charge is 0.265 e. The van der Waals surface area contributed by atoms with Crippen LogP contribution in [0.1, 0.15) is 12.0 Å². The summed E-state index contributed by atoms with van der Waals surface area (Å²) in [5.74, 6) is -0.204. The van der Waals surface area contributed by atoms with Gasteiger partial charge in [0, 0.05) is 12.4 Å². The smallest absolute Gasteiger partial charge is 0.123 e. The van der Waals surface area contributed by atoms with Crippen LogP contribution in [0.2, 0.25) is 0 Å². The van der Waals surface area contributed by atoms with Crippen molar-refractivity contribution in [3.63, 3.8) is 0 Å². The molecule has 0 N–H and O–H groups in total. The summed E-state index contributed by atoms with van der Waals surface area (Å²) in [5, 5.41) is 0. The van der Waals surface area contributed by atoms with E-state index in [-0.39, 0.29) is 5.82 Å². The van der Waals surface area contributed by atoms with Crippen molar-refractivity contribution in [2.75, 3.05) is 0 Å². The normalized spacial score (nSPS) is 17.6. The maximum atomic E-state index is 12.6. The van der Waals surface area contributed by atoms with Crippen molar-refractivity contribution >= 4 is 12.3 Å². The van der Waals surface area contributed by atoms with Gasteiger partial charge in [-0.05, 0) is 35.8 Å². The number of hydrogen-bond donors (Lipinski definition) is 0. The predicted octanol–water partition coefficient (Wildman–Crippen LogP) is 3.20. The highest BCUT2D eigenvalue weighted by Crippen LogP contribution is 2.12. The van der Waals surface area contributed by atoms with E-state index < -0.39 is 0 Å². The number of benzene rings is 1. The molecule has 0 saturated carbocycles. The zero-order chi connectivity index (χ0) is 9.80. The molecule has 1 nitrogen and oxygen atoms in total. The fourth-order valence-corrected chi connectivity index (χ4v) is 1.31. The first-order valence-corrected chi connectivity index (χ1v) is 4.49. The van der Waals surface area contributed by atoms with Crippen LogP contribution in [0, 0.1) is 5.82 Å². The van der Waals surface area contributed by atoms with Crippen molar-refractivity contribution in [3.05, 3.63) is 53.5 Å². The summed E-state index contributed by atoms with van der Waals surface area (Å²) in [5.41, 5.74) is 2.14. The lowest BCUT2D eigenvalue weighted by molar-refractivity contribution is 0.628. The van der Waals surface area contributed by atoms with Gasteiger partial charge in [-0.1, -0.05) is 18.2 Å². The molecule has 0 unspecified atom stereocenters. The molecular weight excluding hydrogens is 177 g/mol. The Morgan fingerprint density at radius 2 is 2.00 bits per heavy atom. The van der Waals surface area contributed by atoms with E-state index in [0.29, 0.717) is 0 Å². The quantitative estimate of drug-likeness (QED) is 0.640. The molecule has 1 aromatic rings. The highest BCUT2D eigenvalue weighted by molar-refractivity contribution is 5.87. The molecule has 1 aliphatic heterocycles. The Balaban J connectivity index is 2.21. The number of hydrogen-bond acceptors (Lipinski definition) is 1. The van der Waals surface area contributed by atoms with Crippen LogP contribution in [-0.2, 0) is 0 Å². The average Bonchev–Trinajstić information content (AvgIpc) is 2.23. The van der Waals surface area contributed by atoms with Crippen molar-refractivity contribution in [1.29, 1.82) is 0 Å². The maximum Gasteiger partial charge on any atom is 0.123 e. The third-order valence-corrected chi connectivity index (χ3v) is 2.01. The fourth-order valence-electron chi connectivity index (χ4n) is 1.31. The van der Waals surface area contributed by atoms with Gasteiger partial charge in [-0.2, -0.15) is 0 Å². The van der Waals surface area contributed by atoms with E-state index >= 15 is 0 Å². The molecule has 2 rings (SSSR count). The molecule has 0 atom stereocenters. The summed E-state index contributed by atoms with van der Waals surface area (Å²) in [6.45, 7) is 0. The number of halogens is 1. The Bertz CT molecular complexity index is 399. The molecular formula is C12H10FN. The summed E-state index contributed by atoms with van der Waals surface area (Å²) in [6.07, 6.45) is 8.49. The van der Waals surface area contributed by atoms with E-state index in [0.717, 1.165) is 17.6 Å². The van der Waals surface area contributed by atoms with Crippen LogP contribution in [0.25, 0.3) is 6.08 Å². The van der Waals surface area contributed by atoms with Crippen LogP contribution >= 0.6 is 0 Å². The van der Waals surface area contributed by atoms with Gasteiger partial charge in [0.05, 0.1) is 0 Å². The van der Waals surface area contributed by atoms with Crippen LogP contribution in [0.3, 0.4) is 0 Å². The van der Waals surface area contributed by atoms with Crippen LogP contribution in [0.15, 0.2) is 47.1 Å². The first-order valence-electron chi connectivity index (χ1n) is 4.49. The minimum absolute atomic E-state index is 0.204. The lowest BCUT2D eigenvalue weighted by atomic mass is 10.1. The summed E-state index contributed by atoms with van der Waals surface area (Å²) in [7, 11) is 0. The van der Waals surface area contributed by atoms with Gasteiger partial charge >= 0.3 is 0 Å². The monoisotopic (exact) mass is 187 g/mol. The van der Waals surface area contributed by atoms with Gasteiger partial charge in [0.1, 0.15) is 5.82 Å². The summed E-state index contributed by atoms with van der Waals surface area (Å²) < 4.78 is 12.6. The van der Waals surface area contributed by atoms with E-state index in [1.165, 1.54) is 12.1 Å². The van der Waals surface area contributed by atoms with Gasteiger partial charge in [0.15, 0.2) is 0 Å². The van der Waals surface area contributed by atoms with Crippen molar-refractivity contribution in [3.8, 4) is 0 Å². The second-order valence-electron chi connectivity index (χ2n) is 3.14. The molecule has 0 fully saturated rings. The van der Waals surface area contributed by atoms with Crippen LogP contribution < -0.4 is 0 Å². The Kier molecular flexibility index (Phi) is 2.54. The van der Waals surface area contributed by atoms with E-state index in [2.05, 4.69) is 4.99 Å². The summed E-state index contributed by atoms with van der Waals surface area (Å²) >= 11 is 0. The molecule has 1 aromatic carbocycles. The Labute approximate surface area is 82.3 Å². The third kappa shape index (κ3) is 2.16. The molecule has 1 heterocycles. The van der Waals surface area contributed by atoms with Gasteiger partial charge in [0.2, 0.25) is 0 Å². The summed E-state index contributed by atoms with van der Waals surface area (Å²) in [4.78, 5) is 4.02. The van der Waals surface area contributed by atoms with Crippen LogP contribution in [0.5, 0.6) is 0 Å². The average molecular weight is 187 g/mol. The Hall–Kier alpha value is -1.70. The minimum Gasteiger partial charge on any atom is -0.265 e. The van der Waals surface area contributed by atoms with Crippen LogP contribution in [-0.4, -0.2) is 6.21 Å². The molecule has 2 heteroatoms. The Morgan fingerprint density at radius 3 is 2.64 bits per heavy atom. The zero-order valence-corrected chi connectivity index (χ0v) is 7.65. The minimum atomic E-state index is -0.204. The molecule has 0 aliphatic carbocycles. The predicted molar refractivity (Wildman–Crippen MR) is 56.6 cm³/mol. The van der Waals surface area contributed by atoms with Crippen molar-refractivity contribution in [2.24, 2.45) is 4.99 Å². The zero-order valence-electron chi connectivity index (χ0n) is 7.65. The second kappa shape index (κ2) is 4.01. The topological polar surface area (TPSA) is 12.4 Å². The number of aliphatic imine (C=N–C) groups is 1. The highest BCUT2D eigenvalue weighted by atomic mass is 19.1. The molecule has 70 valence electrons. The van der Waals surface area contributed by atoms with E-state index in [4.69, 9.17) is 0 Å². The molecule has 0 aromatic heterocycles. The van der Waals surface area contributed by atoms with E-state index in [1.807, 2.05) is 18.4 Å². The van der Waals surface area contributed by atoms with Crippen molar-refractivity contribution < 1.29 is 4.39 Å². The first-order chi connectivity index (χ1) is 6.84. The molecule has 0 spiro atoms. The number of allylic oxidation sites excluding steroid dienone is 2. The van der Waals surface area contributed by atoms with E-state index in [1.54, 1.807) is 18.3 Å². The third-order valence-electron chi connectivity index (χ3n) is 2.01. The lowest BCUT2D eigenvalue weighted by Crippen LogP contribution is -1.87. The molecule has 0 saturated heterocycles. The first kappa shape index (κ1) is 8.88. The van der Waals surface area contributed by atoms with Crippen molar-refractivity contribution in [2.45, 2.75) is 6.42 Å². The summed E-state index contributed by atoms with van der Waals surface area (Å²) in [6, 6.07) is 6.44. The molecule has 0 radical (unpaired) electrons. The van der Waals surface area contributed by atoms with Crippen LogP contribution in [0.4, 0.5) is 4.39 Å². The van der Waals surface area contributed by atoms with Crippen molar-refractivity contribution in [1.82, 2.24) is 0 Å². The maximum absolute atomic E-state index is 12.6. The van der Waals surface area contributed by atoms with Gasteiger partial charge in [-0.25, -0.2) is 4.39 Å². The second-order valence-corrected chi connectivity index (χ2v) is 3.14. The Morgan fingerprint density at radius 1 is 1.21 bits per heavy atom. The number of nitrogens with zero attached hydrogens (tertiary/aromatic N) is 1. The van der Waals surface area contributed by atoms with Gasteiger partial charge in [-0.15, -0.1) is 0 Å². The molecule has 0 amide bonds. The van der Waals surface area contributed by atoms with Gasteiger partial charge in [0.25, 0.3) is 0 Å². The van der Waals surface area contributed by atoms with Gasteiger partial charge < -0.3 is 0 Å².